The van der Waals surface area contributed by atoms with E-state index in [1.807, 2.05) is 12.1 Å². The number of para-hydroxylation sites is 2. The zero-order valence-corrected chi connectivity index (χ0v) is 36.6. The van der Waals surface area contributed by atoms with Gasteiger partial charge in [-0.3, -0.25) is 0 Å². The number of anilines is 3. The highest BCUT2D eigenvalue weighted by Crippen LogP contribution is 2.44. The summed E-state index contributed by atoms with van der Waals surface area (Å²) in [5.41, 5.74) is 14.5. The quantitative estimate of drug-likeness (QED) is 0.142. The number of fused-ring (bicyclic) bond motifs is 6. The van der Waals surface area contributed by atoms with Crippen LogP contribution in [0.25, 0.3) is 66.4 Å². The standard InChI is InChI=1S/C60H40ClNOSi/c61-46-28-35-53-55-40-48(62(56-22-12-10-20-51(56)45-18-8-3-9-19-45)47-29-36-58-54(39-47)52-21-11-13-23-57(52)63-58)30-37-59(55)64(60(53)38-46,49-31-24-43(25-32-49)41-14-4-1-5-15-41)50-33-26-44(27-34-50)42-16-6-2-7-17-42/h1-40H. The zero-order chi connectivity index (χ0) is 42.6. The number of halogens is 1. The molecule has 0 fully saturated rings. The van der Waals surface area contributed by atoms with Gasteiger partial charge in [0.25, 0.3) is 0 Å². The summed E-state index contributed by atoms with van der Waals surface area (Å²) in [6.45, 7) is 0. The Bertz CT molecular complexity index is 3410. The van der Waals surface area contributed by atoms with Gasteiger partial charge in [0, 0.05) is 32.7 Å². The molecule has 1 aliphatic heterocycles. The number of furan rings is 1. The molecule has 0 saturated heterocycles. The molecule has 0 N–H and O–H groups in total. The monoisotopic (exact) mass is 853 g/mol. The van der Waals surface area contributed by atoms with Crippen molar-refractivity contribution in [1.82, 2.24) is 0 Å². The Labute approximate surface area is 378 Å². The van der Waals surface area contributed by atoms with Crippen molar-refractivity contribution < 1.29 is 4.42 Å². The maximum Gasteiger partial charge on any atom is 0.180 e. The predicted octanol–water partition coefficient (Wildman–Crippen LogP) is 14.1. The Morgan fingerprint density at radius 1 is 0.344 bits per heavy atom. The minimum atomic E-state index is -2.96. The van der Waals surface area contributed by atoms with Gasteiger partial charge < -0.3 is 9.32 Å². The summed E-state index contributed by atoms with van der Waals surface area (Å²) in [6.07, 6.45) is 0. The van der Waals surface area contributed by atoms with Crippen molar-refractivity contribution in [2.75, 3.05) is 4.90 Å². The van der Waals surface area contributed by atoms with Crippen molar-refractivity contribution >= 4 is 79.4 Å². The second-order valence-corrected chi connectivity index (χ2v) is 20.7. The topological polar surface area (TPSA) is 16.4 Å². The van der Waals surface area contributed by atoms with E-state index >= 15 is 0 Å². The van der Waals surface area contributed by atoms with E-state index in [1.54, 1.807) is 0 Å². The molecule has 0 radical (unpaired) electrons. The second kappa shape index (κ2) is 15.6. The molecule has 10 aromatic carbocycles. The summed E-state index contributed by atoms with van der Waals surface area (Å²) in [6, 6.07) is 88.0. The molecule has 1 aromatic heterocycles. The molecule has 302 valence electrons. The average Bonchev–Trinajstić information content (AvgIpc) is 3.88. The van der Waals surface area contributed by atoms with Crippen LogP contribution in [0.4, 0.5) is 17.1 Å². The SMILES string of the molecule is Clc1ccc2c(c1)[Si](c1ccc(-c3ccccc3)cc1)(c1ccc(-c3ccccc3)cc1)c1ccc(N(c3ccc4oc5ccccc5c4c3)c3ccccc3-c3ccccc3)cc1-2. The lowest BCUT2D eigenvalue weighted by atomic mass is 10.0. The third-order valence-corrected chi connectivity index (χ3v) is 18.1. The Kier molecular flexibility index (Phi) is 9.26. The highest BCUT2D eigenvalue weighted by Gasteiger charge is 2.49. The van der Waals surface area contributed by atoms with Crippen molar-refractivity contribution in [2.45, 2.75) is 0 Å². The fourth-order valence-electron chi connectivity index (χ4n) is 10.1. The molecular formula is C60H40ClNOSi. The third kappa shape index (κ3) is 6.24. The summed E-state index contributed by atoms with van der Waals surface area (Å²) in [4.78, 5) is 2.42. The van der Waals surface area contributed by atoms with E-state index in [0.29, 0.717) is 0 Å². The summed E-state index contributed by atoms with van der Waals surface area (Å²) >= 11 is 7.08. The molecule has 2 nitrogen and oxygen atoms in total. The normalized spacial score (nSPS) is 12.6. The molecule has 0 atom stereocenters. The van der Waals surface area contributed by atoms with Gasteiger partial charge in [0.05, 0.1) is 5.69 Å². The smallest absolute Gasteiger partial charge is 0.180 e. The van der Waals surface area contributed by atoms with Gasteiger partial charge in [-0.2, -0.15) is 0 Å². The number of hydrogen-bond donors (Lipinski definition) is 0. The minimum absolute atomic E-state index is 0.740. The van der Waals surface area contributed by atoms with Crippen molar-refractivity contribution in [3.05, 3.63) is 248 Å². The van der Waals surface area contributed by atoms with Crippen LogP contribution in [0.5, 0.6) is 0 Å². The molecular weight excluding hydrogens is 814 g/mol. The third-order valence-electron chi connectivity index (χ3n) is 13.0. The van der Waals surface area contributed by atoms with Gasteiger partial charge in [-0.1, -0.05) is 200 Å². The van der Waals surface area contributed by atoms with Gasteiger partial charge in [0.2, 0.25) is 0 Å². The lowest BCUT2D eigenvalue weighted by molar-refractivity contribution is 0.669. The van der Waals surface area contributed by atoms with E-state index in [9.17, 15) is 0 Å². The van der Waals surface area contributed by atoms with Crippen molar-refractivity contribution in [2.24, 2.45) is 0 Å². The first-order valence-electron chi connectivity index (χ1n) is 21.8. The summed E-state index contributed by atoms with van der Waals surface area (Å²) in [5, 5.41) is 8.21. The maximum absolute atomic E-state index is 7.08. The van der Waals surface area contributed by atoms with E-state index in [2.05, 4.69) is 235 Å². The van der Waals surface area contributed by atoms with E-state index in [4.69, 9.17) is 16.0 Å². The van der Waals surface area contributed by atoms with E-state index in [0.717, 1.165) is 55.2 Å². The Morgan fingerprint density at radius 3 is 1.55 bits per heavy atom. The second-order valence-electron chi connectivity index (χ2n) is 16.6. The van der Waals surface area contributed by atoms with Crippen LogP contribution in [0.3, 0.4) is 0 Å². The van der Waals surface area contributed by atoms with Crippen LogP contribution >= 0.6 is 11.6 Å². The first kappa shape index (κ1) is 38.0. The molecule has 0 saturated carbocycles. The number of rotatable bonds is 8. The van der Waals surface area contributed by atoms with E-state index in [1.165, 1.54) is 54.1 Å². The van der Waals surface area contributed by atoms with E-state index in [-0.39, 0.29) is 0 Å². The van der Waals surface area contributed by atoms with Crippen LogP contribution in [-0.4, -0.2) is 8.07 Å². The van der Waals surface area contributed by atoms with Crippen LogP contribution in [0, 0.1) is 0 Å². The fourth-order valence-corrected chi connectivity index (χ4v) is 15.5. The Hall–Kier alpha value is -7.69. The molecule has 4 heteroatoms. The fraction of sp³-hybridized carbons (Fsp3) is 0. The van der Waals surface area contributed by atoms with Crippen LogP contribution in [0.2, 0.25) is 5.02 Å². The van der Waals surface area contributed by atoms with E-state index < -0.39 is 8.07 Å². The summed E-state index contributed by atoms with van der Waals surface area (Å²) < 4.78 is 6.35. The number of hydrogen-bond acceptors (Lipinski definition) is 2. The maximum atomic E-state index is 7.08. The Morgan fingerprint density at radius 2 is 0.875 bits per heavy atom. The van der Waals surface area contributed by atoms with Gasteiger partial charge in [0.15, 0.2) is 8.07 Å². The van der Waals surface area contributed by atoms with Crippen molar-refractivity contribution in [3.63, 3.8) is 0 Å². The highest BCUT2D eigenvalue weighted by molar-refractivity contribution is 7.22. The van der Waals surface area contributed by atoms with Crippen LogP contribution < -0.4 is 25.6 Å². The molecule has 0 aliphatic carbocycles. The predicted molar refractivity (Wildman–Crippen MR) is 272 cm³/mol. The highest BCUT2D eigenvalue weighted by atomic mass is 35.5. The van der Waals surface area contributed by atoms with Crippen LogP contribution in [-0.2, 0) is 0 Å². The van der Waals surface area contributed by atoms with Crippen LogP contribution in [0.1, 0.15) is 0 Å². The molecule has 0 bridgehead atoms. The zero-order valence-electron chi connectivity index (χ0n) is 34.8. The Balaban J connectivity index is 1.10. The molecule has 12 rings (SSSR count). The average molecular weight is 855 g/mol. The molecule has 64 heavy (non-hydrogen) atoms. The van der Waals surface area contributed by atoms with Crippen molar-refractivity contribution in [3.8, 4) is 44.5 Å². The number of benzene rings is 10. The van der Waals surface area contributed by atoms with Gasteiger partial charge in [-0.05, 0) is 114 Å². The van der Waals surface area contributed by atoms with Gasteiger partial charge >= 0.3 is 0 Å². The minimum Gasteiger partial charge on any atom is -0.456 e. The molecule has 2 heterocycles. The summed E-state index contributed by atoms with van der Waals surface area (Å²) in [5.74, 6) is 0. The molecule has 1 aliphatic rings. The lowest BCUT2D eigenvalue weighted by Crippen LogP contribution is -2.72. The van der Waals surface area contributed by atoms with Crippen LogP contribution in [0.15, 0.2) is 247 Å². The van der Waals surface area contributed by atoms with Crippen molar-refractivity contribution in [1.29, 1.82) is 0 Å². The number of nitrogens with zero attached hydrogens (tertiary/aromatic N) is 1. The van der Waals surface area contributed by atoms with Gasteiger partial charge in [-0.15, -0.1) is 0 Å². The molecule has 0 unspecified atom stereocenters. The largest absolute Gasteiger partial charge is 0.456 e. The first-order valence-corrected chi connectivity index (χ1v) is 24.1. The molecule has 0 spiro atoms. The first-order chi connectivity index (χ1) is 31.6. The van der Waals surface area contributed by atoms with Gasteiger partial charge in [0.1, 0.15) is 11.2 Å². The lowest BCUT2D eigenvalue weighted by Gasteiger charge is -2.32. The van der Waals surface area contributed by atoms with Gasteiger partial charge in [-0.25, -0.2) is 0 Å². The summed E-state index contributed by atoms with van der Waals surface area (Å²) in [7, 11) is -2.96. The molecule has 11 aromatic rings. The molecule has 0 amide bonds.